The minimum absolute atomic E-state index is 0.580. The molecule has 2 aromatic carbocycles. The van der Waals surface area contributed by atoms with Gasteiger partial charge in [-0.2, -0.15) is 0 Å². The third-order valence-electron chi connectivity index (χ3n) is 3.23. The molecule has 0 aromatic heterocycles. The lowest BCUT2D eigenvalue weighted by atomic mass is 9.99. The Hall–Kier alpha value is -1.68. The monoisotopic (exact) mass is 294 g/mol. The van der Waals surface area contributed by atoms with Gasteiger partial charge in [0, 0.05) is 0 Å². The first-order chi connectivity index (χ1) is 9.32. The summed E-state index contributed by atoms with van der Waals surface area (Å²) in [6.45, 7) is 1.49. The van der Waals surface area contributed by atoms with Crippen LogP contribution in [0.2, 0.25) is 0 Å². The number of rotatable bonds is 4. The Balaban J connectivity index is 2.42. The number of carbonyl (C=O) groups excluding carboxylic acids is 1. The van der Waals surface area contributed by atoms with E-state index in [-0.39, 0.29) is 0 Å². The molecular formula is C14H15O5P. The zero-order valence-corrected chi connectivity index (χ0v) is 12.0. The summed E-state index contributed by atoms with van der Waals surface area (Å²) in [6, 6.07) is 10.7. The lowest BCUT2D eigenvalue weighted by molar-refractivity contribution is -0.114. The van der Waals surface area contributed by atoms with Gasteiger partial charge in [-0.25, -0.2) is 0 Å². The van der Waals surface area contributed by atoms with Crippen LogP contribution in [0.15, 0.2) is 36.4 Å². The predicted octanol–water partition coefficient (Wildman–Crippen LogP) is 2.66. The minimum atomic E-state index is -4.71. The lowest BCUT2D eigenvalue weighted by Gasteiger charge is -2.12. The van der Waals surface area contributed by atoms with Crippen LogP contribution in [0.5, 0.6) is 5.75 Å². The third kappa shape index (κ3) is 2.90. The van der Waals surface area contributed by atoms with Crippen LogP contribution < -0.4 is 4.74 Å². The van der Waals surface area contributed by atoms with Gasteiger partial charge in [-0.1, -0.05) is 31.2 Å². The van der Waals surface area contributed by atoms with Gasteiger partial charge in [-0.3, -0.25) is 9.36 Å². The molecule has 0 saturated heterocycles. The highest BCUT2D eigenvalue weighted by Gasteiger charge is 2.31. The van der Waals surface area contributed by atoms with Crippen LogP contribution in [-0.2, 0) is 9.36 Å². The smallest absolute Gasteiger partial charge is 0.392 e. The minimum Gasteiger partial charge on any atom is -0.497 e. The second-order valence-electron chi connectivity index (χ2n) is 4.58. The van der Waals surface area contributed by atoms with Crippen molar-refractivity contribution in [3.05, 3.63) is 42.0 Å². The average Bonchev–Trinajstić information content (AvgIpc) is 2.43. The molecule has 1 unspecified atom stereocenters. The van der Waals surface area contributed by atoms with E-state index < -0.39 is 19.0 Å². The Morgan fingerprint density at radius 1 is 1.15 bits per heavy atom. The fourth-order valence-electron chi connectivity index (χ4n) is 2.03. The molecular weight excluding hydrogens is 279 g/mol. The van der Waals surface area contributed by atoms with Crippen LogP contribution in [0.1, 0.15) is 18.4 Å². The highest BCUT2D eigenvalue weighted by atomic mass is 31.2. The highest BCUT2D eigenvalue weighted by molar-refractivity contribution is 7.70. The first-order valence-corrected chi connectivity index (χ1v) is 7.62. The summed E-state index contributed by atoms with van der Waals surface area (Å²) in [5.41, 5.74) is -0.485. The maximum atomic E-state index is 11.6. The molecule has 0 radical (unpaired) electrons. The molecule has 20 heavy (non-hydrogen) atoms. The Kier molecular flexibility index (Phi) is 3.95. The van der Waals surface area contributed by atoms with Gasteiger partial charge in [-0.05, 0) is 28.5 Å². The molecule has 0 saturated carbocycles. The van der Waals surface area contributed by atoms with Gasteiger partial charge in [0.25, 0.3) is 5.52 Å². The summed E-state index contributed by atoms with van der Waals surface area (Å²) in [5.74, 6) is -0.119. The van der Waals surface area contributed by atoms with Crippen LogP contribution >= 0.6 is 7.60 Å². The largest absolute Gasteiger partial charge is 0.497 e. The van der Waals surface area contributed by atoms with Gasteiger partial charge >= 0.3 is 7.60 Å². The maximum absolute atomic E-state index is 11.6. The molecule has 0 spiro atoms. The van der Waals surface area contributed by atoms with E-state index in [0.29, 0.717) is 5.56 Å². The van der Waals surface area contributed by atoms with Gasteiger partial charge in [0.15, 0.2) is 0 Å². The zero-order valence-electron chi connectivity index (χ0n) is 11.1. The number of fused-ring (bicyclic) bond motifs is 1. The summed E-state index contributed by atoms with van der Waals surface area (Å²) in [5, 5.41) is 1.82. The lowest BCUT2D eigenvalue weighted by Crippen LogP contribution is -2.09. The number of ether oxygens (including phenoxy) is 1. The molecule has 0 aliphatic carbocycles. The molecule has 1 atom stereocenters. The molecule has 0 aliphatic rings. The first kappa shape index (κ1) is 14.7. The summed E-state index contributed by atoms with van der Waals surface area (Å²) in [4.78, 5) is 29.5. The van der Waals surface area contributed by atoms with Crippen molar-refractivity contribution < 1.29 is 23.9 Å². The Morgan fingerprint density at radius 3 is 2.35 bits per heavy atom. The zero-order chi connectivity index (χ0) is 14.9. The van der Waals surface area contributed by atoms with Crippen molar-refractivity contribution in [3.63, 3.8) is 0 Å². The van der Waals surface area contributed by atoms with Crippen LogP contribution in [0.25, 0.3) is 10.8 Å². The second-order valence-corrected chi connectivity index (χ2v) is 6.11. The van der Waals surface area contributed by atoms with E-state index in [2.05, 4.69) is 0 Å². The van der Waals surface area contributed by atoms with Gasteiger partial charge in [0.2, 0.25) is 0 Å². The van der Waals surface area contributed by atoms with Crippen molar-refractivity contribution in [2.45, 2.75) is 12.8 Å². The van der Waals surface area contributed by atoms with Gasteiger partial charge in [-0.15, -0.1) is 0 Å². The first-order valence-electron chi connectivity index (χ1n) is 6.00. The van der Waals surface area contributed by atoms with Crippen molar-refractivity contribution in [1.29, 1.82) is 0 Å². The van der Waals surface area contributed by atoms with E-state index in [1.165, 1.54) is 6.92 Å². The number of benzene rings is 2. The van der Waals surface area contributed by atoms with Gasteiger partial charge < -0.3 is 14.5 Å². The topological polar surface area (TPSA) is 83.8 Å². The third-order valence-corrected chi connectivity index (χ3v) is 4.19. The van der Waals surface area contributed by atoms with E-state index >= 15 is 0 Å². The van der Waals surface area contributed by atoms with Crippen LogP contribution in [0.4, 0.5) is 0 Å². The quantitative estimate of drug-likeness (QED) is 0.847. The summed E-state index contributed by atoms with van der Waals surface area (Å²) >= 11 is 0. The standard InChI is InChI=1S/C14H15O5P/c1-9(14(15)20(16,17)18)10-3-4-12-8-13(19-2)6-5-11(12)7-10/h3-9H,1-2H3,(H2,16,17,18). The number of methoxy groups -OCH3 is 1. The molecule has 5 nitrogen and oxygen atoms in total. The predicted molar refractivity (Wildman–Crippen MR) is 76.0 cm³/mol. The van der Waals surface area contributed by atoms with Gasteiger partial charge in [0.1, 0.15) is 5.75 Å². The van der Waals surface area contributed by atoms with Crippen molar-refractivity contribution in [2.24, 2.45) is 0 Å². The van der Waals surface area contributed by atoms with E-state index in [4.69, 9.17) is 14.5 Å². The molecule has 0 aliphatic heterocycles. The fraction of sp³-hybridized carbons (Fsp3) is 0.214. The Morgan fingerprint density at radius 2 is 1.75 bits per heavy atom. The fourth-order valence-corrected chi connectivity index (χ4v) is 2.69. The van der Waals surface area contributed by atoms with E-state index in [9.17, 15) is 9.36 Å². The average molecular weight is 294 g/mol. The van der Waals surface area contributed by atoms with Crippen molar-refractivity contribution in [2.75, 3.05) is 7.11 Å². The molecule has 0 bridgehead atoms. The summed E-state index contributed by atoms with van der Waals surface area (Å²) in [7, 11) is -3.13. The van der Waals surface area contributed by atoms with Crippen LogP contribution in [0.3, 0.4) is 0 Å². The maximum Gasteiger partial charge on any atom is 0.392 e. The molecule has 106 valence electrons. The molecule has 2 rings (SSSR count). The van der Waals surface area contributed by atoms with E-state index in [1.54, 1.807) is 31.4 Å². The van der Waals surface area contributed by atoms with Crippen LogP contribution in [-0.4, -0.2) is 22.4 Å². The molecule has 2 N–H and O–H groups in total. The Bertz CT molecular complexity index is 704. The van der Waals surface area contributed by atoms with Crippen molar-refractivity contribution in [3.8, 4) is 5.75 Å². The molecule has 0 fully saturated rings. The molecule has 0 heterocycles. The molecule has 2 aromatic rings. The summed E-state index contributed by atoms with van der Waals surface area (Å²) < 4.78 is 16.1. The van der Waals surface area contributed by atoms with Crippen LogP contribution in [0, 0.1) is 0 Å². The van der Waals surface area contributed by atoms with E-state index in [1.807, 2.05) is 12.1 Å². The number of hydrogen-bond acceptors (Lipinski definition) is 3. The normalized spacial score (nSPS) is 13.2. The van der Waals surface area contributed by atoms with Gasteiger partial charge in [0.05, 0.1) is 13.0 Å². The molecule has 0 amide bonds. The Labute approximate surface area is 116 Å². The molecule has 6 heteroatoms. The SMILES string of the molecule is COc1ccc2cc(C(C)C(=O)P(=O)(O)O)ccc2c1. The second kappa shape index (κ2) is 5.37. The summed E-state index contributed by atoms with van der Waals surface area (Å²) in [6.07, 6.45) is 0. The number of carbonyl (C=O) groups is 1. The van der Waals surface area contributed by atoms with Crippen molar-refractivity contribution in [1.82, 2.24) is 0 Å². The van der Waals surface area contributed by atoms with E-state index in [0.717, 1.165) is 16.5 Å². The van der Waals surface area contributed by atoms with Crippen molar-refractivity contribution >= 4 is 23.9 Å². The highest BCUT2D eigenvalue weighted by Crippen LogP contribution is 2.42. The number of hydrogen-bond donors (Lipinski definition) is 2.